The van der Waals surface area contributed by atoms with Gasteiger partial charge in [-0.1, -0.05) is 18.2 Å². The van der Waals surface area contributed by atoms with E-state index >= 15 is 0 Å². The van der Waals surface area contributed by atoms with Crippen LogP contribution in [0, 0.1) is 0 Å². The van der Waals surface area contributed by atoms with E-state index in [9.17, 15) is 0 Å². The minimum Gasteiger partial charge on any atom is -0.383 e. The fourth-order valence-electron chi connectivity index (χ4n) is 1.96. The Balaban J connectivity index is 1.60. The maximum Gasteiger partial charge on any atom is 0.0449 e. The largest absolute Gasteiger partial charge is 0.383 e. The predicted octanol–water partition coefficient (Wildman–Crippen LogP) is 3.88. The Morgan fingerprint density at radius 3 is 3.00 bits per heavy atom. The van der Waals surface area contributed by atoms with Gasteiger partial charge in [-0.15, -0.1) is 11.8 Å². The lowest BCUT2D eigenvalue weighted by atomic mass is 10.1. The highest BCUT2D eigenvalue weighted by Gasteiger charge is 2.21. The molecule has 1 aliphatic rings. The number of benzene rings is 1. The molecule has 0 fully saturated rings. The third-order valence-electron chi connectivity index (χ3n) is 2.77. The van der Waals surface area contributed by atoms with Crippen LogP contribution in [-0.2, 0) is 6.42 Å². The molecule has 1 aromatic heterocycles. The predicted molar refractivity (Wildman–Crippen MR) is 72.6 cm³/mol. The number of thiophene rings is 1. The van der Waals surface area contributed by atoms with E-state index in [-0.39, 0.29) is 0 Å². The van der Waals surface area contributed by atoms with E-state index < -0.39 is 0 Å². The molecule has 0 radical (unpaired) electrons. The second-order valence-electron chi connectivity index (χ2n) is 3.94. The molecule has 1 unspecified atom stereocenters. The third-order valence-corrected chi connectivity index (χ3v) is 4.77. The standard InChI is InChI=1S/C13H13NS2/c1-2-4-13-10(3-1)7-12(16-13)8-14-11-5-6-15-9-11/h1-6,9,12,14H,7-8H2. The molecule has 3 rings (SSSR count). The van der Waals surface area contributed by atoms with Gasteiger partial charge in [0.1, 0.15) is 0 Å². The van der Waals surface area contributed by atoms with Gasteiger partial charge < -0.3 is 5.32 Å². The highest BCUT2D eigenvalue weighted by atomic mass is 32.2. The molecular formula is C13H13NS2. The van der Waals surface area contributed by atoms with Gasteiger partial charge in [0.25, 0.3) is 0 Å². The fraction of sp³-hybridized carbons (Fsp3) is 0.231. The summed E-state index contributed by atoms with van der Waals surface area (Å²) in [6.45, 7) is 1.05. The molecule has 1 aromatic carbocycles. The first-order chi connectivity index (χ1) is 7.92. The van der Waals surface area contributed by atoms with Crippen LogP contribution in [-0.4, -0.2) is 11.8 Å². The van der Waals surface area contributed by atoms with Gasteiger partial charge in [0.2, 0.25) is 0 Å². The highest BCUT2D eigenvalue weighted by Crippen LogP contribution is 2.36. The summed E-state index contributed by atoms with van der Waals surface area (Å²) in [5, 5.41) is 8.44. The van der Waals surface area contributed by atoms with Gasteiger partial charge in [0.05, 0.1) is 0 Å². The Kier molecular flexibility index (Phi) is 2.89. The lowest BCUT2D eigenvalue weighted by molar-refractivity contribution is 0.900. The number of hydrogen-bond acceptors (Lipinski definition) is 3. The Morgan fingerprint density at radius 1 is 1.25 bits per heavy atom. The van der Waals surface area contributed by atoms with Gasteiger partial charge in [0.15, 0.2) is 0 Å². The van der Waals surface area contributed by atoms with E-state index in [4.69, 9.17) is 0 Å². The molecule has 1 nitrogen and oxygen atoms in total. The second-order valence-corrected chi connectivity index (χ2v) is 6.07. The Labute approximate surface area is 104 Å². The van der Waals surface area contributed by atoms with E-state index in [0.29, 0.717) is 5.25 Å². The normalized spacial score (nSPS) is 18.4. The van der Waals surface area contributed by atoms with Crippen LogP contribution in [0.3, 0.4) is 0 Å². The minimum absolute atomic E-state index is 0.678. The summed E-state index contributed by atoms with van der Waals surface area (Å²) < 4.78 is 0. The molecule has 0 spiro atoms. The van der Waals surface area contributed by atoms with E-state index in [0.717, 1.165) is 6.54 Å². The van der Waals surface area contributed by atoms with Crippen molar-refractivity contribution in [3.05, 3.63) is 46.7 Å². The summed E-state index contributed by atoms with van der Waals surface area (Å²) in [5.41, 5.74) is 2.76. The number of hydrogen-bond donors (Lipinski definition) is 1. The molecular weight excluding hydrogens is 234 g/mol. The quantitative estimate of drug-likeness (QED) is 0.883. The Hall–Kier alpha value is -0.930. The average molecular weight is 247 g/mol. The van der Waals surface area contributed by atoms with Crippen LogP contribution in [0.4, 0.5) is 5.69 Å². The van der Waals surface area contributed by atoms with Crippen molar-refractivity contribution in [2.75, 3.05) is 11.9 Å². The zero-order valence-corrected chi connectivity index (χ0v) is 10.5. The van der Waals surface area contributed by atoms with Crippen molar-refractivity contribution in [2.45, 2.75) is 16.6 Å². The van der Waals surface area contributed by atoms with Crippen LogP contribution < -0.4 is 5.32 Å². The van der Waals surface area contributed by atoms with Gasteiger partial charge in [-0.3, -0.25) is 0 Å². The number of nitrogens with one attached hydrogen (secondary N) is 1. The van der Waals surface area contributed by atoms with Gasteiger partial charge in [-0.05, 0) is 29.5 Å². The van der Waals surface area contributed by atoms with Gasteiger partial charge >= 0.3 is 0 Å². The minimum atomic E-state index is 0.678. The van der Waals surface area contributed by atoms with Crippen LogP contribution in [0.25, 0.3) is 0 Å². The van der Waals surface area contributed by atoms with Crippen molar-refractivity contribution in [3.63, 3.8) is 0 Å². The van der Waals surface area contributed by atoms with Gasteiger partial charge in [0, 0.05) is 27.8 Å². The summed E-state index contributed by atoms with van der Waals surface area (Å²) in [6.07, 6.45) is 1.19. The molecule has 82 valence electrons. The van der Waals surface area contributed by atoms with Gasteiger partial charge in [-0.2, -0.15) is 11.3 Å². The van der Waals surface area contributed by atoms with Crippen molar-refractivity contribution in [2.24, 2.45) is 0 Å². The van der Waals surface area contributed by atoms with Crippen LogP contribution >= 0.6 is 23.1 Å². The lowest BCUT2D eigenvalue weighted by Crippen LogP contribution is -2.15. The van der Waals surface area contributed by atoms with Gasteiger partial charge in [-0.25, -0.2) is 0 Å². The zero-order valence-electron chi connectivity index (χ0n) is 8.85. The summed E-state index contributed by atoms with van der Waals surface area (Å²) in [4.78, 5) is 1.46. The summed E-state index contributed by atoms with van der Waals surface area (Å²) in [5.74, 6) is 0. The highest BCUT2D eigenvalue weighted by molar-refractivity contribution is 8.00. The van der Waals surface area contributed by atoms with Crippen LogP contribution in [0.2, 0.25) is 0 Å². The fourth-order valence-corrected chi connectivity index (χ4v) is 3.83. The molecule has 0 amide bonds. The molecule has 0 saturated heterocycles. The maximum absolute atomic E-state index is 3.49. The summed E-state index contributed by atoms with van der Waals surface area (Å²) >= 11 is 3.74. The third kappa shape index (κ3) is 2.11. The van der Waals surface area contributed by atoms with Crippen LogP contribution in [0.15, 0.2) is 46.0 Å². The number of rotatable bonds is 3. The zero-order chi connectivity index (χ0) is 10.8. The van der Waals surface area contributed by atoms with Crippen LogP contribution in [0.5, 0.6) is 0 Å². The molecule has 0 aliphatic carbocycles. The Morgan fingerprint density at radius 2 is 2.19 bits per heavy atom. The average Bonchev–Trinajstić information content (AvgIpc) is 2.95. The van der Waals surface area contributed by atoms with Crippen molar-refractivity contribution in [1.29, 1.82) is 0 Å². The van der Waals surface area contributed by atoms with Crippen LogP contribution in [0.1, 0.15) is 5.56 Å². The van der Waals surface area contributed by atoms with Crippen molar-refractivity contribution in [3.8, 4) is 0 Å². The number of fused-ring (bicyclic) bond motifs is 1. The van der Waals surface area contributed by atoms with Crippen molar-refractivity contribution < 1.29 is 0 Å². The molecule has 1 N–H and O–H groups in total. The SMILES string of the molecule is c1ccc2c(c1)CC(CNc1ccsc1)S2. The molecule has 0 bridgehead atoms. The smallest absolute Gasteiger partial charge is 0.0449 e. The first-order valence-corrected chi connectivity index (χ1v) is 7.25. The van der Waals surface area contributed by atoms with Crippen molar-refractivity contribution in [1.82, 2.24) is 0 Å². The molecule has 1 aliphatic heterocycles. The molecule has 3 heteroatoms. The number of thioether (sulfide) groups is 1. The monoisotopic (exact) mass is 247 g/mol. The van der Waals surface area contributed by atoms with E-state index in [1.165, 1.54) is 22.6 Å². The summed E-state index contributed by atoms with van der Waals surface area (Å²) in [7, 11) is 0. The van der Waals surface area contributed by atoms with E-state index in [1.54, 1.807) is 11.3 Å². The first kappa shape index (κ1) is 10.2. The lowest BCUT2D eigenvalue weighted by Gasteiger charge is -2.09. The topological polar surface area (TPSA) is 12.0 Å². The molecule has 1 atom stereocenters. The molecule has 16 heavy (non-hydrogen) atoms. The molecule has 2 heterocycles. The van der Waals surface area contributed by atoms with Crippen molar-refractivity contribution >= 4 is 28.8 Å². The maximum atomic E-state index is 3.49. The van der Waals surface area contributed by atoms with E-state index in [1.807, 2.05) is 11.8 Å². The van der Waals surface area contributed by atoms with E-state index in [2.05, 4.69) is 46.4 Å². The molecule has 2 aromatic rings. The first-order valence-electron chi connectivity index (χ1n) is 5.42. The number of anilines is 1. The second kappa shape index (κ2) is 4.52. The molecule has 0 saturated carbocycles. The Bertz CT molecular complexity index is 440. The summed E-state index contributed by atoms with van der Waals surface area (Å²) in [6, 6.07) is 10.9.